The first-order chi connectivity index (χ1) is 7.84. The molecule has 1 aromatic heterocycles. The lowest BCUT2D eigenvalue weighted by Gasteiger charge is -2.08. The molecule has 0 aliphatic carbocycles. The van der Waals surface area contributed by atoms with Gasteiger partial charge in [-0.25, -0.2) is 4.98 Å². The van der Waals surface area contributed by atoms with Crippen LogP contribution in [0.5, 0.6) is 0 Å². The average Bonchev–Trinajstić information content (AvgIpc) is 2.55. The van der Waals surface area contributed by atoms with Gasteiger partial charge < -0.3 is 4.57 Å². The zero-order valence-corrected chi connectivity index (χ0v) is 9.89. The van der Waals surface area contributed by atoms with Crippen LogP contribution in [-0.4, -0.2) is 9.55 Å². The third-order valence-electron chi connectivity index (χ3n) is 2.91. The maximum absolute atomic E-state index is 12.7. The van der Waals surface area contributed by atoms with Crippen LogP contribution < -0.4 is 0 Å². The Labute approximate surface area is 97.1 Å². The number of rotatable bonds is 1. The topological polar surface area (TPSA) is 17.8 Å². The van der Waals surface area contributed by atoms with Crippen molar-refractivity contribution >= 4 is 11.0 Å². The molecule has 17 heavy (non-hydrogen) atoms. The highest BCUT2D eigenvalue weighted by atomic mass is 19.4. The maximum atomic E-state index is 12.7. The molecule has 2 aromatic rings. The van der Waals surface area contributed by atoms with E-state index in [9.17, 15) is 13.2 Å². The molecule has 0 fully saturated rings. The third kappa shape index (κ3) is 1.90. The standard InChI is InChI=1S/C12H13F3N2/c1-4-10-16-11-7(2)5-8(12(13,14)15)6-9(11)17(10)3/h5-6H,4H2,1-3H3. The van der Waals surface area contributed by atoms with E-state index in [0.29, 0.717) is 23.0 Å². The number of halogens is 3. The molecular weight excluding hydrogens is 229 g/mol. The minimum absolute atomic E-state index is 0.536. The van der Waals surface area contributed by atoms with Crippen molar-refractivity contribution < 1.29 is 13.2 Å². The minimum Gasteiger partial charge on any atom is -0.331 e. The van der Waals surface area contributed by atoms with E-state index in [1.807, 2.05) is 6.92 Å². The molecule has 0 spiro atoms. The van der Waals surface area contributed by atoms with Crippen LogP contribution in [0.1, 0.15) is 23.9 Å². The molecule has 0 aliphatic rings. The molecule has 2 nitrogen and oxygen atoms in total. The largest absolute Gasteiger partial charge is 0.416 e. The smallest absolute Gasteiger partial charge is 0.331 e. The van der Waals surface area contributed by atoms with Crippen molar-refractivity contribution in [1.29, 1.82) is 0 Å². The van der Waals surface area contributed by atoms with Crippen LogP contribution in [0.4, 0.5) is 13.2 Å². The van der Waals surface area contributed by atoms with Gasteiger partial charge in [0.05, 0.1) is 16.6 Å². The molecule has 0 N–H and O–H groups in total. The van der Waals surface area contributed by atoms with Crippen molar-refractivity contribution in [2.24, 2.45) is 7.05 Å². The first-order valence-electron chi connectivity index (χ1n) is 5.37. The van der Waals surface area contributed by atoms with E-state index < -0.39 is 11.7 Å². The summed E-state index contributed by atoms with van der Waals surface area (Å²) in [5.74, 6) is 0.794. The fourth-order valence-corrected chi connectivity index (χ4v) is 1.99. The molecule has 0 aliphatic heterocycles. The summed E-state index contributed by atoms with van der Waals surface area (Å²) in [6.07, 6.45) is -3.61. The Balaban J connectivity index is 2.76. The quantitative estimate of drug-likeness (QED) is 0.748. The molecule has 0 saturated heterocycles. The average molecular weight is 242 g/mol. The van der Waals surface area contributed by atoms with Gasteiger partial charge >= 0.3 is 6.18 Å². The highest BCUT2D eigenvalue weighted by Gasteiger charge is 2.31. The highest BCUT2D eigenvalue weighted by Crippen LogP contribution is 2.33. The van der Waals surface area contributed by atoms with Gasteiger partial charge in [-0.05, 0) is 24.6 Å². The minimum atomic E-state index is -4.31. The highest BCUT2D eigenvalue weighted by molar-refractivity contribution is 5.80. The normalized spacial score (nSPS) is 12.4. The Morgan fingerprint density at radius 3 is 2.47 bits per heavy atom. The molecule has 92 valence electrons. The number of aromatic nitrogens is 2. The molecule has 0 bridgehead atoms. The lowest BCUT2D eigenvalue weighted by Crippen LogP contribution is -2.05. The first kappa shape index (κ1) is 12.0. The zero-order valence-electron chi connectivity index (χ0n) is 9.89. The molecule has 1 aromatic carbocycles. The van der Waals surface area contributed by atoms with Crippen LogP contribution in [-0.2, 0) is 19.6 Å². The Morgan fingerprint density at radius 2 is 1.94 bits per heavy atom. The number of imidazole rings is 1. The lowest BCUT2D eigenvalue weighted by molar-refractivity contribution is -0.137. The summed E-state index contributed by atoms with van der Waals surface area (Å²) < 4.78 is 39.8. The summed E-state index contributed by atoms with van der Waals surface area (Å²) in [6, 6.07) is 2.31. The lowest BCUT2D eigenvalue weighted by atomic mass is 10.1. The van der Waals surface area contributed by atoms with E-state index in [2.05, 4.69) is 4.98 Å². The Kier molecular flexibility index (Phi) is 2.64. The Bertz CT molecular complexity index is 567. The van der Waals surface area contributed by atoms with Gasteiger partial charge in [-0.1, -0.05) is 6.92 Å². The van der Waals surface area contributed by atoms with Crippen LogP contribution in [0, 0.1) is 6.92 Å². The van der Waals surface area contributed by atoms with Crippen molar-refractivity contribution in [1.82, 2.24) is 9.55 Å². The van der Waals surface area contributed by atoms with Crippen LogP contribution in [0.2, 0.25) is 0 Å². The summed E-state index contributed by atoms with van der Waals surface area (Å²) in [5, 5.41) is 0. The molecule has 1 heterocycles. The summed E-state index contributed by atoms with van der Waals surface area (Å²) in [7, 11) is 1.74. The molecule has 5 heteroatoms. The van der Waals surface area contributed by atoms with Gasteiger partial charge in [0.15, 0.2) is 0 Å². The van der Waals surface area contributed by atoms with E-state index in [1.54, 1.807) is 18.5 Å². The van der Waals surface area contributed by atoms with Gasteiger partial charge in [0.25, 0.3) is 0 Å². The van der Waals surface area contributed by atoms with Gasteiger partial charge in [0, 0.05) is 13.5 Å². The molecule has 0 amide bonds. The monoisotopic (exact) mass is 242 g/mol. The molecule has 0 radical (unpaired) electrons. The summed E-state index contributed by atoms with van der Waals surface area (Å²) in [5.41, 5.74) is 1.13. The second-order valence-electron chi connectivity index (χ2n) is 4.10. The number of benzene rings is 1. The molecule has 0 unspecified atom stereocenters. The summed E-state index contributed by atoms with van der Waals surface area (Å²) >= 11 is 0. The van der Waals surface area contributed by atoms with Crippen LogP contribution in [0.3, 0.4) is 0 Å². The van der Waals surface area contributed by atoms with Gasteiger partial charge in [-0.3, -0.25) is 0 Å². The van der Waals surface area contributed by atoms with E-state index in [1.165, 1.54) is 0 Å². The second kappa shape index (κ2) is 3.75. The maximum Gasteiger partial charge on any atom is 0.416 e. The van der Waals surface area contributed by atoms with E-state index >= 15 is 0 Å². The summed E-state index contributed by atoms with van der Waals surface area (Å²) in [4.78, 5) is 4.35. The predicted molar refractivity (Wildman–Crippen MR) is 59.8 cm³/mol. The van der Waals surface area contributed by atoms with Crippen molar-refractivity contribution in [2.75, 3.05) is 0 Å². The third-order valence-corrected chi connectivity index (χ3v) is 2.91. The number of aryl methyl sites for hydroxylation is 3. The van der Waals surface area contributed by atoms with Gasteiger partial charge in [-0.2, -0.15) is 13.2 Å². The molecule has 0 atom stereocenters. The van der Waals surface area contributed by atoms with Gasteiger partial charge in [0.1, 0.15) is 5.82 Å². The zero-order chi connectivity index (χ0) is 12.8. The van der Waals surface area contributed by atoms with E-state index in [4.69, 9.17) is 0 Å². The number of hydrogen-bond acceptors (Lipinski definition) is 1. The van der Waals surface area contributed by atoms with Crippen LogP contribution in [0.25, 0.3) is 11.0 Å². The van der Waals surface area contributed by atoms with Crippen molar-refractivity contribution in [3.05, 3.63) is 29.1 Å². The fourth-order valence-electron chi connectivity index (χ4n) is 1.99. The van der Waals surface area contributed by atoms with Crippen molar-refractivity contribution in [3.63, 3.8) is 0 Å². The fraction of sp³-hybridized carbons (Fsp3) is 0.417. The number of fused-ring (bicyclic) bond motifs is 1. The molecule has 0 saturated carbocycles. The Morgan fingerprint density at radius 1 is 1.29 bits per heavy atom. The van der Waals surface area contributed by atoms with E-state index in [0.717, 1.165) is 18.0 Å². The van der Waals surface area contributed by atoms with Crippen molar-refractivity contribution in [2.45, 2.75) is 26.4 Å². The summed E-state index contributed by atoms with van der Waals surface area (Å²) in [6.45, 7) is 3.59. The molecular formula is C12H13F3N2. The Hall–Kier alpha value is -1.52. The number of nitrogens with zero attached hydrogens (tertiary/aromatic N) is 2. The number of hydrogen-bond donors (Lipinski definition) is 0. The van der Waals surface area contributed by atoms with Gasteiger partial charge in [0.2, 0.25) is 0 Å². The number of alkyl halides is 3. The van der Waals surface area contributed by atoms with Crippen molar-refractivity contribution in [3.8, 4) is 0 Å². The van der Waals surface area contributed by atoms with E-state index in [-0.39, 0.29) is 0 Å². The van der Waals surface area contributed by atoms with Crippen LogP contribution in [0.15, 0.2) is 12.1 Å². The van der Waals surface area contributed by atoms with Gasteiger partial charge in [-0.15, -0.1) is 0 Å². The first-order valence-corrected chi connectivity index (χ1v) is 5.37. The predicted octanol–water partition coefficient (Wildman–Crippen LogP) is 3.46. The molecule has 2 rings (SSSR count). The van der Waals surface area contributed by atoms with Crippen LogP contribution >= 0.6 is 0 Å². The second-order valence-corrected chi connectivity index (χ2v) is 4.10. The SMILES string of the molecule is CCc1nc2c(C)cc(C(F)(F)F)cc2n1C.